The van der Waals surface area contributed by atoms with Crippen LogP contribution in [0.25, 0.3) is 21.4 Å². The van der Waals surface area contributed by atoms with Gasteiger partial charge in [0.25, 0.3) is 0 Å². The van der Waals surface area contributed by atoms with Crippen LogP contribution in [0.3, 0.4) is 0 Å². The zero-order chi connectivity index (χ0) is 18.9. The summed E-state index contributed by atoms with van der Waals surface area (Å²) in [5.41, 5.74) is 2.78. The predicted molar refractivity (Wildman–Crippen MR) is 111 cm³/mol. The van der Waals surface area contributed by atoms with Crippen molar-refractivity contribution in [3.05, 3.63) is 36.9 Å². The van der Waals surface area contributed by atoms with Crippen LogP contribution in [0.2, 0.25) is 0 Å². The van der Waals surface area contributed by atoms with Crippen LogP contribution in [0.15, 0.2) is 36.9 Å². The van der Waals surface area contributed by atoms with Crippen LogP contribution in [0.1, 0.15) is 0 Å². The number of hydrogen-bond acceptors (Lipinski definition) is 8. The summed E-state index contributed by atoms with van der Waals surface area (Å²) in [6, 6.07) is 8.30. The highest BCUT2D eigenvalue weighted by atomic mass is 32.1. The van der Waals surface area contributed by atoms with Gasteiger partial charge in [-0.05, 0) is 12.1 Å². The highest BCUT2D eigenvalue weighted by Crippen LogP contribution is 2.30. The number of piperazine rings is 1. The first-order valence-electron chi connectivity index (χ1n) is 9.34. The number of imidazole rings is 1. The van der Waals surface area contributed by atoms with Gasteiger partial charge in [-0.2, -0.15) is 0 Å². The van der Waals surface area contributed by atoms with Crippen molar-refractivity contribution in [3.63, 3.8) is 0 Å². The average Bonchev–Trinajstić information content (AvgIpc) is 3.36. The zero-order valence-corrected chi connectivity index (χ0v) is 16.5. The van der Waals surface area contributed by atoms with E-state index in [2.05, 4.69) is 43.0 Å². The van der Waals surface area contributed by atoms with Gasteiger partial charge in [-0.3, -0.25) is 0 Å². The van der Waals surface area contributed by atoms with Crippen LogP contribution in [-0.4, -0.2) is 64.4 Å². The molecular formula is C19H21N7OS. The van der Waals surface area contributed by atoms with Gasteiger partial charge in [0.1, 0.15) is 6.33 Å². The quantitative estimate of drug-likeness (QED) is 0.514. The van der Waals surface area contributed by atoms with E-state index in [0.717, 1.165) is 60.4 Å². The molecule has 144 valence electrons. The van der Waals surface area contributed by atoms with Crippen LogP contribution in [0.5, 0.6) is 0 Å². The van der Waals surface area contributed by atoms with E-state index in [-0.39, 0.29) is 0 Å². The maximum absolute atomic E-state index is 5.17. The molecule has 28 heavy (non-hydrogen) atoms. The molecule has 1 fully saturated rings. The monoisotopic (exact) mass is 395 g/mol. The molecule has 8 nitrogen and oxygen atoms in total. The van der Waals surface area contributed by atoms with Crippen molar-refractivity contribution in [3.8, 4) is 0 Å². The van der Waals surface area contributed by atoms with E-state index in [1.54, 1.807) is 24.8 Å². The van der Waals surface area contributed by atoms with Gasteiger partial charge in [0, 0.05) is 39.8 Å². The standard InChI is InChI=1S/C19H21N7OS/c1-27-11-10-26-13-22-16-17(20-12-21-18(16)26)24-6-8-25(9-7-24)19-23-14-4-2-3-5-15(14)28-19/h2-5,12-13H,6-11H2,1H3. The molecule has 4 aromatic rings. The Bertz CT molecular complexity index is 1070. The summed E-state index contributed by atoms with van der Waals surface area (Å²) in [7, 11) is 1.70. The molecule has 0 amide bonds. The van der Waals surface area contributed by atoms with Gasteiger partial charge in [0.2, 0.25) is 0 Å². The molecule has 0 radical (unpaired) electrons. The number of fused-ring (bicyclic) bond motifs is 2. The Morgan fingerprint density at radius 2 is 1.86 bits per heavy atom. The molecule has 0 saturated carbocycles. The minimum Gasteiger partial charge on any atom is -0.383 e. The van der Waals surface area contributed by atoms with Crippen LogP contribution in [0.4, 0.5) is 10.9 Å². The van der Waals surface area contributed by atoms with Crippen molar-refractivity contribution in [2.75, 3.05) is 49.7 Å². The first kappa shape index (κ1) is 17.3. The van der Waals surface area contributed by atoms with Gasteiger partial charge < -0.3 is 19.1 Å². The van der Waals surface area contributed by atoms with E-state index in [4.69, 9.17) is 9.72 Å². The molecule has 4 heterocycles. The van der Waals surface area contributed by atoms with Gasteiger partial charge in [-0.15, -0.1) is 0 Å². The highest BCUT2D eigenvalue weighted by Gasteiger charge is 2.23. The third-order valence-electron chi connectivity index (χ3n) is 5.05. The zero-order valence-electron chi connectivity index (χ0n) is 15.7. The van der Waals surface area contributed by atoms with Crippen molar-refractivity contribution in [2.45, 2.75) is 6.54 Å². The number of benzene rings is 1. The van der Waals surface area contributed by atoms with Gasteiger partial charge in [-0.1, -0.05) is 23.5 Å². The van der Waals surface area contributed by atoms with Crippen molar-refractivity contribution in [2.24, 2.45) is 0 Å². The second-order valence-electron chi connectivity index (χ2n) is 6.74. The Hall–Kier alpha value is -2.78. The number of rotatable bonds is 5. The van der Waals surface area contributed by atoms with Gasteiger partial charge in [0.15, 0.2) is 22.1 Å². The molecule has 0 atom stereocenters. The molecule has 9 heteroatoms. The molecule has 3 aromatic heterocycles. The Morgan fingerprint density at radius 3 is 2.68 bits per heavy atom. The van der Waals surface area contributed by atoms with Gasteiger partial charge in [-0.25, -0.2) is 19.9 Å². The molecule has 1 saturated heterocycles. The van der Waals surface area contributed by atoms with Crippen LogP contribution < -0.4 is 9.80 Å². The number of hydrogen-bond donors (Lipinski definition) is 0. The predicted octanol–water partition coefficient (Wildman–Crippen LogP) is 2.41. The largest absolute Gasteiger partial charge is 0.383 e. The number of anilines is 2. The molecular weight excluding hydrogens is 374 g/mol. The summed E-state index contributed by atoms with van der Waals surface area (Å²) in [5.74, 6) is 0.908. The number of methoxy groups -OCH3 is 1. The minimum atomic E-state index is 0.631. The van der Waals surface area contributed by atoms with Crippen LogP contribution >= 0.6 is 11.3 Å². The molecule has 1 aliphatic rings. The summed E-state index contributed by atoms with van der Waals surface area (Å²) >= 11 is 1.76. The average molecular weight is 395 g/mol. The first-order chi connectivity index (χ1) is 13.8. The van der Waals surface area contributed by atoms with Gasteiger partial charge >= 0.3 is 0 Å². The lowest BCUT2D eigenvalue weighted by atomic mass is 10.3. The summed E-state index contributed by atoms with van der Waals surface area (Å²) in [5, 5.41) is 1.09. The Balaban J connectivity index is 1.34. The van der Waals surface area contributed by atoms with Crippen molar-refractivity contribution in [1.29, 1.82) is 0 Å². The molecule has 0 bridgehead atoms. The van der Waals surface area contributed by atoms with Gasteiger partial charge in [0.05, 0.1) is 23.2 Å². The maximum Gasteiger partial charge on any atom is 0.186 e. The topological polar surface area (TPSA) is 72.2 Å². The third kappa shape index (κ3) is 3.06. The maximum atomic E-state index is 5.17. The third-order valence-corrected chi connectivity index (χ3v) is 6.15. The van der Waals surface area contributed by atoms with E-state index in [1.165, 1.54) is 4.70 Å². The lowest BCUT2D eigenvalue weighted by Crippen LogP contribution is -2.46. The molecule has 0 spiro atoms. The molecule has 0 unspecified atom stereocenters. The number of nitrogens with zero attached hydrogens (tertiary/aromatic N) is 7. The number of thiazole rings is 1. The molecule has 0 aliphatic carbocycles. The summed E-state index contributed by atoms with van der Waals surface area (Å²) in [4.78, 5) is 23.0. The summed E-state index contributed by atoms with van der Waals surface area (Å²) < 4.78 is 8.42. The van der Waals surface area contributed by atoms with Crippen LogP contribution in [0, 0.1) is 0 Å². The fourth-order valence-electron chi connectivity index (χ4n) is 3.56. The molecule has 0 N–H and O–H groups in total. The highest BCUT2D eigenvalue weighted by molar-refractivity contribution is 7.22. The minimum absolute atomic E-state index is 0.631. The molecule has 5 rings (SSSR count). The normalized spacial score (nSPS) is 15.0. The van der Waals surface area contributed by atoms with E-state index in [9.17, 15) is 0 Å². The van der Waals surface area contributed by atoms with Crippen molar-refractivity contribution >= 4 is 43.7 Å². The SMILES string of the molecule is COCCn1cnc2c(N3CCN(c4nc5ccccc5s4)CC3)ncnc21. The molecule has 1 aromatic carbocycles. The fraction of sp³-hybridized carbons (Fsp3) is 0.368. The summed E-state index contributed by atoms with van der Waals surface area (Å²) in [6.07, 6.45) is 3.45. The van der Waals surface area contributed by atoms with E-state index in [0.29, 0.717) is 6.61 Å². The van der Waals surface area contributed by atoms with E-state index >= 15 is 0 Å². The Labute approximate surface area is 166 Å². The van der Waals surface area contributed by atoms with Crippen molar-refractivity contribution in [1.82, 2.24) is 24.5 Å². The Kier molecular flexibility index (Phi) is 4.53. The first-order valence-corrected chi connectivity index (χ1v) is 10.2. The fourth-order valence-corrected chi connectivity index (χ4v) is 4.58. The smallest absolute Gasteiger partial charge is 0.186 e. The van der Waals surface area contributed by atoms with E-state index in [1.807, 2.05) is 17.0 Å². The number of ether oxygens (including phenoxy) is 1. The number of aromatic nitrogens is 5. The van der Waals surface area contributed by atoms with E-state index < -0.39 is 0 Å². The van der Waals surface area contributed by atoms with Crippen molar-refractivity contribution < 1.29 is 4.74 Å². The van der Waals surface area contributed by atoms with Crippen LogP contribution in [-0.2, 0) is 11.3 Å². The number of para-hydroxylation sites is 1. The Morgan fingerprint density at radius 1 is 1.04 bits per heavy atom. The summed E-state index contributed by atoms with van der Waals surface area (Å²) in [6.45, 7) is 4.95. The second kappa shape index (κ2) is 7.33. The molecule has 1 aliphatic heterocycles. The lowest BCUT2D eigenvalue weighted by molar-refractivity contribution is 0.188. The lowest BCUT2D eigenvalue weighted by Gasteiger charge is -2.35. The second-order valence-corrected chi connectivity index (χ2v) is 7.75.